The number of nitrogens with zero attached hydrogens (tertiary/aromatic N) is 2. The summed E-state index contributed by atoms with van der Waals surface area (Å²) in [5.74, 6) is 0.830. The Kier molecular flexibility index (Phi) is 4.33. The molecule has 0 aromatic carbocycles. The van der Waals surface area contributed by atoms with Crippen molar-refractivity contribution in [2.45, 2.75) is 58.3 Å². The summed E-state index contributed by atoms with van der Waals surface area (Å²) >= 11 is 0. The van der Waals surface area contributed by atoms with Crippen LogP contribution in [-0.4, -0.2) is 40.4 Å². The van der Waals surface area contributed by atoms with Crippen LogP contribution in [0.3, 0.4) is 0 Å². The quantitative estimate of drug-likeness (QED) is 0.830. The second kappa shape index (κ2) is 5.76. The van der Waals surface area contributed by atoms with Crippen molar-refractivity contribution in [1.29, 1.82) is 0 Å². The molecule has 6 nitrogen and oxygen atoms in total. The molecule has 2 aliphatic rings. The summed E-state index contributed by atoms with van der Waals surface area (Å²) in [7, 11) is 0. The van der Waals surface area contributed by atoms with E-state index in [1.165, 1.54) is 0 Å². The fraction of sp³-hybridized carbons (Fsp3) is 0.625. The third-order valence-corrected chi connectivity index (χ3v) is 3.74. The van der Waals surface area contributed by atoms with Gasteiger partial charge in [0, 0.05) is 12.2 Å². The predicted molar refractivity (Wildman–Crippen MR) is 86.7 cm³/mol. The molecule has 122 valence electrons. The average Bonchev–Trinajstić information content (AvgIpc) is 2.82. The minimum absolute atomic E-state index is 0.0217. The molecule has 6 heteroatoms. The van der Waals surface area contributed by atoms with E-state index in [2.05, 4.69) is 9.98 Å². The van der Waals surface area contributed by atoms with Crippen LogP contribution in [0.1, 0.15) is 41.0 Å². The van der Waals surface area contributed by atoms with Gasteiger partial charge < -0.3 is 20.3 Å². The molecule has 0 fully saturated rings. The van der Waals surface area contributed by atoms with Gasteiger partial charge in [0.05, 0.1) is 24.1 Å². The van der Waals surface area contributed by atoms with Crippen LogP contribution in [-0.2, 0) is 9.47 Å². The molecule has 0 spiro atoms. The molecule has 0 saturated heterocycles. The first-order valence-corrected chi connectivity index (χ1v) is 7.53. The Bertz CT molecular complexity index is 567. The maximum absolute atomic E-state index is 9.32. The van der Waals surface area contributed by atoms with Gasteiger partial charge in [0.2, 0.25) is 5.88 Å². The average molecular weight is 307 g/mol. The van der Waals surface area contributed by atoms with Crippen molar-refractivity contribution in [3.05, 3.63) is 23.9 Å². The highest BCUT2D eigenvalue weighted by atomic mass is 16.5. The van der Waals surface area contributed by atoms with Crippen molar-refractivity contribution in [1.82, 2.24) is 0 Å². The number of ether oxygens (including phenoxy) is 2. The topological polar surface area (TPSA) is 89.4 Å². The number of aliphatic hydroxyl groups excluding tert-OH is 1. The van der Waals surface area contributed by atoms with Crippen LogP contribution in [0.15, 0.2) is 33.9 Å². The number of aliphatic imine (C=N–C) groups is 2. The van der Waals surface area contributed by atoms with Crippen LogP contribution >= 0.6 is 0 Å². The number of hydrogen-bond donors (Lipinski definition) is 2. The van der Waals surface area contributed by atoms with E-state index in [9.17, 15) is 5.11 Å². The smallest absolute Gasteiger partial charge is 0.216 e. The van der Waals surface area contributed by atoms with Gasteiger partial charge in [-0.15, -0.1) is 0 Å². The molecule has 2 aliphatic heterocycles. The van der Waals surface area contributed by atoms with Crippen molar-refractivity contribution < 1.29 is 14.6 Å². The highest BCUT2D eigenvalue weighted by Crippen LogP contribution is 2.30. The van der Waals surface area contributed by atoms with Gasteiger partial charge in [-0.1, -0.05) is 6.92 Å². The zero-order chi connectivity index (χ0) is 16.5. The molecule has 0 saturated carbocycles. The van der Waals surface area contributed by atoms with Gasteiger partial charge in [-0.3, -0.25) is 4.99 Å². The summed E-state index contributed by atoms with van der Waals surface area (Å²) in [4.78, 5) is 9.08. The lowest BCUT2D eigenvalue weighted by molar-refractivity contribution is 0.0995. The minimum atomic E-state index is -0.574. The maximum Gasteiger partial charge on any atom is 0.216 e. The molecule has 1 unspecified atom stereocenters. The van der Waals surface area contributed by atoms with Crippen LogP contribution in [0.2, 0.25) is 0 Å². The number of rotatable bonds is 4. The number of aliphatic hydroxyl groups is 1. The molecule has 0 bridgehead atoms. The number of hydrogen-bond acceptors (Lipinski definition) is 6. The Morgan fingerprint density at radius 2 is 1.77 bits per heavy atom. The van der Waals surface area contributed by atoms with E-state index < -0.39 is 11.2 Å². The zero-order valence-electron chi connectivity index (χ0n) is 13.9. The molecule has 2 rings (SSSR count). The fourth-order valence-corrected chi connectivity index (χ4v) is 2.31. The van der Waals surface area contributed by atoms with E-state index in [0.717, 1.165) is 12.1 Å². The molecular weight excluding hydrogens is 282 g/mol. The Hall–Kier alpha value is -1.82. The Morgan fingerprint density at radius 1 is 1.14 bits per heavy atom. The molecular formula is C16H25N3O3. The molecule has 0 aromatic rings. The SMILES string of the molecule is CCC(CO)N=C1C=C(/N=C2\C=C(N)OC2(C)C)OC1(C)C. The molecule has 0 radical (unpaired) electrons. The molecule has 2 heterocycles. The lowest BCUT2D eigenvalue weighted by Crippen LogP contribution is -2.31. The van der Waals surface area contributed by atoms with Crippen LogP contribution < -0.4 is 5.73 Å². The summed E-state index contributed by atoms with van der Waals surface area (Å²) < 4.78 is 11.4. The number of nitrogens with two attached hydrogens (primary N) is 1. The molecule has 0 amide bonds. The highest BCUT2D eigenvalue weighted by Gasteiger charge is 2.37. The van der Waals surface area contributed by atoms with Crippen molar-refractivity contribution in [2.75, 3.05) is 6.61 Å². The molecule has 0 aliphatic carbocycles. The van der Waals surface area contributed by atoms with Crippen LogP contribution in [0, 0.1) is 0 Å². The van der Waals surface area contributed by atoms with Crippen LogP contribution in [0.5, 0.6) is 0 Å². The summed E-state index contributed by atoms with van der Waals surface area (Å²) in [5, 5.41) is 9.32. The first kappa shape index (κ1) is 16.5. The summed E-state index contributed by atoms with van der Waals surface area (Å²) in [6.07, 6.45) is 4.28. The van der Waals surface area contributed by atoms with Crippen molar-refractivity contribution in [2.24, 2.45) is 15.7 Å². The third kappa shape index (κ3) is 3.32. The maximum atomic E-state index is 9.32. The van der Waals surface area contributed by atoms with Crippen molar-refractivity contribution >= 4 is 11.4 Å². The van der Waals surface area contributed by atoms with E-state index in [1.807, 2.05) is 40.7 Å². The summed E-state index contributed by atoms with van der Waals surface area (Å²) in [6.45, 7) is 9.67. The van der Waals surface area contributed by atoms with E-state index in [-0.39, 0.29) is 12.6 Å². The van der Waals surface area contributed by atoms with E-state index >= 15 is 0 Å². The predicted octanol–water partition coefficient (Wildman–Crippen LogP) is 1.90. The van der Waals surface area contributed by atoms with E-state index in [4.69, 9.17) is 15.2 Å². The second-order valence-corrected chi connectivity index (χ2v) is 6.51. The largest absolute Gasteiger partial charge is 0.467 e. The van der Waals surface area contributed by atoms with Crippen LogP contribution in [0.4, 0.5) is 0 Å². The third-order valence-electron chi connectivity index (χ3n) is 3.74. The van der Waals surface area contributed by atoms with Gasteiger partial charge in [-0.25, -0.2) is 4.99 Å². The van der Waals surface area contributed by atoms with Gasteiger partial charge >= 0.3 is 0 Å². The van der Waals surface area contributed by atoms with E-state index in [1.54, 1.807) is 6.08 Å². The minimum Gasteiger partial charge on any atom is -0.467 e. The first-order valence-electron chi connectivity index (χ1n) is 7.53. The normalized spacial score (nSPS) is 27.4. The van der Waals surface area contributed by atoms with Gasteiger partial charge in [0.1, 0.15) is 11.2 Å². The monoisotopic (exact) mass is 307 g/mol. The van der Waals surface area contributed by atoms with Gasteiger partial charge in [-0.2, -0.15) is 0 Å². The highest BCUT2D eigenvalue weighted by molar-refractivity contribution is 6.06. The van der Waals surface area contributed by atoms with Gasteiger partial charge in [0.15, 0.2) is 5.88 Å². The van der Waals surface area contributed by atoms with Crippen LogP contribution in [0.25, 0.3) is 0 Å². The zero-order valence-corrected chi connectivity index (χ0v) is 13.9. The second-order valence-electron chi connectivity index (χ2n) is 6.51. The van der Waals surface area contributed by atoms with Gasteiger partial charge in [0.25, 0.3) is 0 Å². The Morgan fingerprint density at radius 3 is 2.27 bits per heavy atom. The fourth-order valence-electron chi connectivity index (χ4n) is 2.31. The Balaban J connectivity index is 2.31. The lowest BCUT2D eigenvalue weighted by Gasteiger charge is -2.22. The first-order chi connectivity index (χ1) is 10.2. The molecule has 1 atom stereocenters. The van der Waals surface area contributed by atoms with Crippen molar-refractivity contribution in [3.63, 3.8) is 0 Å². The van der Waals surface area contributed by atoms with Crippen molar-refractivity contribution in [3.8, 4) is 0 Å². The standard InChI is InChI=1S/C16H25N3O3/c1-6-10(9-20)18-12-8-14(22-16(12,4)5)19-11-7-13(17)21-15(11,2)3/h7-8,10,20H,6,9,17H2,1-5H3/b18-12?,19-11+. The summed E-state index contributed by atoms with van der Waals surface area (Å²) in [5.41, 5.74) is 6.05. The molecule has 0 aromatic heterocycles. The van der Waals surface area contributed by atoms with Gasteiger partial charge in [-0.05, 0) is 34.1 Å². The Labute approximate surface area is 131 Å². The lowest BCUT2D eigenvalue weighted by atomic mass is 10.0. The molecule has 22 heavy (non-hydrogen) atoms. The summed E-state index contributed by atoms with van der Waals surface area (Å²) in [6, 6.07) is -0.122. The van der Waals surface area contributed by atoms with E-state index in [0.29, 0.717) is 17.5 Å². The molecule has 3 N–H and O–H groups in total.